The molecule has 0 saturated heterocycles. The number of imidazole rings is 1. The number of carbonyl (C=O) groups is 1. The fourth-order valence-electron chi connectivity index (χ4n) is 2.81. The summed E-state index contributed by atoms with van der Waals surface area (Å²) in [5, 5.41) is 10.8. The smallest absolute Gasteiger partial charge is 0.258 e. The summed E-state index contributed by atoms with van der Waals surface area (Å²) in [5.74, 6) is 0.371. The fourth-order valence-corrected chi connectivity index (χ4v) is 3.04. The van der Waals surface area contributed by atoms with Gasteiger partial charge < -0.3 is 9.88 Å². The van der Waals surface area contributed by atoms with Crippen LogP contribution in [-0.4, -0.2) is 25.8 Å². The monoisotopic (exact) mass is 367 g/mol. The molecule has 8 heteroatoms. The molecule has 0 spiro atoms. The number of amides is 1. The van der Waals surface area contributed by atoms with Crippen LogP contribution < -0.4 is 5.32 Å². The van der Waals surface area contributed by atoms with Gasteiger partial charge in [0.25, 0.3) is 5.91 Å². The molecule has 1 N–H and O–H groups in total. The molecule has 0 aliphatic rings. The average Bonchev–Trinajstić information content (AvgIpc) is 3.25. The van der Waals surface area contributed by atoms with E-state index in [2.05, 4.69) is 20.6 Å². The van der Waals surface area contributed by atoms with Gasteiger partial charge in [-0.25, -0.2) is 9.61 Å². The number of aryl methyl sites for hydroxylation is 1. The number of benzene rings is 2. The lowest BCUT2D eigenvalue weighted by Crippen LogP contribution is -2.13. The van der Waals surface area contributed by atoms with Gasteiger partial charge in [0.1, 0.15) is 0 Å². The number of nitrogens with one attached hydrogen (secondary N) is 1. The molecule has 2 aromatic carbocycles. The van der Waals surface area contributed by atoms with Crippen molar-refractivity contribution in [2.75, 3.05) is 5.32 Å². The van der Waals surface area contributed by atoms with Crippen LogP contribution in [0.1, 0.15) is 17.3 Å². The van der Waals surface area contributed by atoms with E-state index in [0.717, 1.165) is 11.0 Å². The molecule has 0 atom stereocenters. The van der Waals surface area contributed by atoms with E-state index < -0.39 is 5.91 Å². The molecule has 0 aliphatic heterocycles. The Morgan fingerprint density at radius 3 is 2.73 bits per heavy atom. The lowest BCUT2D eigenvalue weighted by atomic mass is 10.2. The molecule has 2 aromatic heterocycles. The number of anilines is 1. The summed E-state index contributed by atoms with van der Waals surface area (Å²) in [6, 6.07) is 14.5. The van der Waals surface area contributed by atoms with E-state index in [1.807, 2.05) is 35.8 Å². The van der Waals surface area contributed by atoms with E-state index >= 15 is 0 Å². The molecule has 2 heterocycles. The molecule has 0 bridgehead atoms. The van der Waals surface area contributed by atoms with Gasteiger partial charge in [0, 0.05) is 6.54 Å². The summed E-state index contributed by atoms with van der Waals surface area (Å²) in [6.07, 6.45) is 0. The maximum Gasteiger partial charge on any atom is 0.258 e. The summed E-state index contributed by atoms with van der Waals surface area (Å²) in [4.78, 5) is 17.1. The van der Waals surface area contributed by atoms with Crippen LogP contribution in [-0.2, 0) is 6.54 Å². The lowest BCUT2D eigenvalue weighted by molar-refractivity contribution is 0.102. The molecule has 1 amide bonds. The molecule has 4 rings (SSSR count). The largest absolute Gasteiger partial charge is 0.323 e. The van der Waals surface area contributed by atoms with E-state index in [0.29, 0.717) is 28.6 Å². The van der Waals surface area contributed by atoms with Crippen molar-refractivity contribution in [1.29, 1.82) is 0 Å². The number of fused-ring (bicyclic) bond motifs is 1. The van der Waals surface area contributed by atoms with Crippen LogP contribution in [0.5, 0.6) is 0 Å². The van der Waals surface area contributed by atoms with E-state index in [1.165, 1.54) is 0 Å². The number of rotatable bonds is 4. The third-order valence-electron chi connectivity index (χ3n) is 4.02. The molecule has 26 heavy (non-hydrogen) atoms. The minimum atomic E-state index is -0.397. The predicted octanol–water partition coefficient (Wildman–Crippen LogP) is 4.01. The zero-order valence-electron chi connectivity index (χ0n) is 13.8. The zero-order valence-corrected chi connectivity index (χ0v) is 14.6. The maximum atomic E-state index is 12.5. The number of para-hydroxylation sites is 2. The van der Waals surface area contributed by atoms with Crippen molar-refractivity contribution < 1.29 is 9.42 Å². The number of carbonyl (C=O) groups excluding carboxylic acids is 1. The van der Waals surface area contributed by atoms with Crippen LogP contribution in [0.3, 0.4) is 0 Å². The molecular weight excluding hydrogens is 354 g/mol. The van der Waals surface area contributed by atoms with E-state index in [9.17, 15) is 4.79 Å². The molecule has 130 valence electrons. The number of hydrogen-bond acceptors (Lipinski definition) is 5. The highest BCUT2D eigenvalue weighted by Gasteiger charge is 2.22. The van der Waals surface area contributed by atoms with Gasteiger partial charge in [-0.15, -0.1) is 0 Å². The second-order valence-electron chi connectivity index (χ2n) is 5.56. The highest BCUT2D eigenvalue weighted by Crippen LogP contribution is 2.28. The Morgan fingerprint density at radius 2 is 1.92 bits per heavy atom. The standard InChI is InChI=1S/C18H14ClN5O2/c1-2-24-14-10-6-5-9-13(14)20-17(24)15-16(23-26-22-15)21-18(25)11-7-3-4-8-12(11)19/h3-10H,2H2,1H3,(H,21,23,25). The number of aromatic nitrogens is 4. The predicted molar refractivity (Wildman–Crippen MR) is 98.1 cm³/mol. The van der Waals surface area contributed by atoms with Gasteiger partial charge in [0.15, 0.2) is 11.5 Å². The summed E-state index contributed by atoms with van der Waals surface area (Å²) in [7, 11) is 0. The van der Waals surface area contributed by atoms with E-state index in [-0.39, 0.29) is 5.82 Å². The molecule has 0 unspecified atom stereocenters. The average molecular weight is 368 g/mol. The summed E-state index contributed by atoms with van der Waals surface area (Å²) in [5.41, 5.74) is 2.50. The van der Waals surface area contributed by atoms with Crippen molar-refractivity contribution in [2.24, 2.45) is 0 Å². The Kier molecular flexibility index (Phi) is 4.14. The first kappa shape index (κ1) is 16.3. The molecule has 0 aliphatic carbocycles. The van der Waals surface area contributed by atoms with Crippen molar-refractivity contribution in [3.63, 3.8) is 0 Å². The van der Waals surface area contributed by atoms with Crippen molar-refractivity contribution >= 4 is 34.4 Å². The van der Waals surface area contributed by atoms with Crippen molar-refractivity contribution in [2.45, 2.75) is 13.5 Å². The molecule has 4 aromatic rings. The minimum absolute atomic E-state index is 0.194. The van der Waals surface area contributed by atoms with Crippen LogP contribution in [0.15, 0.2) is 53.2 Å². The molecule has 0 fully saturated rings. The molecule has 0 saturated carbocycles. The maximum absolute atomic E-state index is 12.5. The van der Waals surface area contributed by atoms with E-state index in [4.69, 9.17) is 16.2 Å². The Morgan fingerprint density at radius 1 is 1.15 bits per heavy atom. The van der Waals surface area contributed by atoms with Crippen LogP contribution >= 0.6 is 11.6 Å². The van der Waals surface area contributed by atoms with Crippen LogP contribution in [0.4, 0.5) is 5.82 Å². The van der Waals surface area contributed by atoms with Crippen LogP contribution in [0.25, 0.3) is 22.6 Å². The van der Waals surface area contributed by atoms with Gasteiger partial charge in [0.05, 0.1) is 21.6 Å². The number of hydrogen-bond donors (Lipinski definition) is 1. The lowest BCUT2D eigenvalue weighted by Gasteiger charge is -2.06. The van der Waals surface area contributed by atoms with Crippen LogP contribution in [0, 0.1) is 0 Å². The Balaban J connectivity index is 1.74. The van der Waals surface area contributed by atoms with Gasteiger partial charge in [-0.1, -0.05) is 35.9 Å². The second kappa shape index (κ2) is 6.61. The van der Waals surface area contributed by atoms with Crippen molar-refractivity contribution in [1.82, 2.24) is 19.9 Å². The van der Waals surface area contributed by atoms with Crippen LogP contribution in [0.2, 0.25) is 5.02 Å². The Labute approximate surface area is 153 Å². The SMILES string of the molecule is CCn1c(-c2nonc2NC(=O)c2ccccc2Cl)nc2ccccc21. The Hall–Kier alpha value is -3.19. The van der Waals surface area contributed by atoms with Crippen molar-refractivity contribution in [3.05, 3.63) is 59.1 Å². The van der Waals surface area contributed by atoms with Crippen molar-refractivity contribution in [3.8, 4) is 11.5 Å². The molecule has 0 radical (unpaired) electrons. The first-order valence-electron chi connectivity index (χ1n) is 8.03. The number of halogens is 1. The number of nitrogens with zero attached hydrogens (tertiary/aromatic N) is 4. The second-order valence-corrected chi connectivity index (χ2v) is 5.97. The Bertz CT molecular complexity index is 1100. The highest BCUT2D eigenvalue weighted by atomic mass is 35.5. The first-order chi connectivity index (χ1) is 12.7. The fraction of sp³-hybridized carbons (Fsp3) is 0.111. The van der Waals surface area contributed by atoms with Gasteiger partial charge in [-0.2, -0.15) is 0 Å². The van der Waals surface area contributed by atoms with Gasteiger partial charge in [-0.3, -0.25) is 4.79 Å². The third kappa shape index (κ3) is 2.72. The summed E-state index contributed by atoms with van der Waals surface area (Å²) >= 11 is 6.08. The van der Waals surface area contributed by atoms with Gasteiger partial charge >= 0.3 is 0 Å². The minimum Gasteiger partial charge on any atom is -0.323 e. The van der Waals surface area contributed by atoms with E-state index in [1.54, 1.807) is 24.3 Å². The van der Waals surface area contributed by atoms with Gasteiger partial charge in [0.2, 0.25) is 5.82 Å². The zero-order chi connectivity index (χ0) is 18.1. The highest BCUT2D eigenvalue weighted by molar-refractivity contribution is 6.34. The quantitative estimate of drug-likeness (QED) is 0.589. The molecule has 7 nitrogen and oxygen atoms in total. The summed E-state index contributed by atoms with van der Waals surface area (Å²) < 4.78 is 6.85. The topological polar surface area (TPSA) is 85.8 Å². The van der Waals surface area contributed by atoms with Gasteiger partial charge in [-0.05, 0) is 41.5 Å². The summed E-state index contributed by atoms with van der Waals surface area (Å²) in [6.45, 7) is 2.69. The molecular formula is C18H14ClN5O2. The first-order valence-corrected chi connectivity index (χ1v) is 8.41. The third-order valence-corrected chi connectivity index (χ3v) is 4.35. The normalized spacial score (nSPS) is 11.0.